The lowest BCUT2D eigenvalue weighted by molar-refractivity contribution is -0.145. The number of likely N-dealkylation sites (tertiary alicyclic amines) is 1. The first-order valence-corrected chi connectivity index (χ1v) is 17.8. The minimum atomic E-state index is -1.49. The van der Waals surface area contributed by atoms with Gasteiger partial charge >= 0.3 is 12.1 Å². The van der Waals surface area contributed by atoms with E-state index in [-0.39, 0.29) is 19.4 Å². The third-order valence-corrected chi connectivity index (χ3v) is 9.78. The number of nitrogens with zero attached hydrogens (tertiary/aromatic N) is 3. The van der Waals surface area contributed by atoms with Crippen molar-refractivity contribution in [1.82, 2.24) is 25.5 Å². The Labute approximate surface area is 296 Å². The van der Waals surface area contributed by atoms with Crippen LogP contribution in [0.3, 0.4) is 0 Å². The number of fused-ring (bicyclic) bond motifs is 1. The van der Waals surface area contributed by atoms with Gasteiger partial charge in [0.2, 0.25) is 11.8 Å². The monoisotopic (exact) mass is 703 g/mol. The average Bonchev–Trinajstić information content (AvgIpc) is 3.36. The maximum atomic E-state index is 14.4. The van der Waals surface area contributed by atoms with Gasteiger partial charge in [0, 0.05) is 24.6 Å². The van der Waals surface area contributed by atoms with E-state index in [9.17, 15) is 24.3 Å². The SMILES string of the molecule is C=CCCCCCC(NC(=O)OC(C)(C)C)C(=O)N1C[C@H](Oc2cc(-c3ccccn3)nc3ccsc23)C[C@@H]1C(=O)N[C@]1(C(=O)O)C[C@H]1C=C. The number of aliphatic carboxylic acids is 1. The molecule has 1 aliphatic heterocycles. The number of allylic oxidation sites excluding steroid dienone is 1. The van der Waals surface area contributed by atoms with Crippen molar-refractivity contribution in [2.24, 2.45) is 5.92 Å². The lowest BCUT2D eigenvalue weighted by atomic mass is 10.0. The molecule has 1 unspecified atom stereocenters. The average molecular weight is 704 g/mol. The minimum absolute atomic E-state index is 0.0267. The van der Waals surface area contributed by atoms with Crippen molar-refractivity contribution in [2.75, 3.05) is 6.54 Å². The van der Waals surface area contributed by atoms with Crippen LogP contribution in [0.5, 0.6) is 5.75 Å². The van der Waals surface area contributed by atoms with Gasteiger partial charge < -0.3 is 30.1 Å². The zero-order valence-electron chi connectivity index (χ0n) is 28.7. The first-order valence-electron chi connectivity index (χ1n) is 16.9. The largest absolute Gasteiger partial charge is 0.487 e. The van der Waals surface area contributed by atoms with Gasteiger partial charge in [0.25, 0.3) is 0 Å². The number of carboxylic acid groups (broad SMARTS) is 1. The molecule has 5 rings (SSSR count). The van der Waals surface area contributed by atoms with E-state index in [4.69, 9.17) is 14.5 Å². The van der Waals surface area contributed by atoms with Crippen LogP contribution in [-0.4, -0.2) is 79.7 Å². The normalized spacial score (nSPS) is 22.0. The van der Waals surface area contributed by atoms with E-state index in [1.807, 2.05) is 35.7 Å². The van der Waals surface area contributed by atoms with Crippen molar-refractivity contribution >= 4 is 45.4 Å². The van der Waals surface area contributed by atoms with Gasteiger partial charge in [-0.1, -0.05) is 31.1 Å². The summed E-state index contributed by atoms with van der Waals surface area (Å²) in [6.45, 7) is 12.7. The molecular weight excluding hydrogens is 659 g/mol. The number of unbranched alkanes of at least 4 members (excludes halogenated alkanes) is 3. The number of ether oxygens (including phenoxy) is 2. The molecule has 0 spiro atoms. The summed E-state index contributed by atoms with van der Waals surface area (Å²) in [5.41, 5.74) is -0.288. The van der Waals surface area contributed by atoms with E-state index in [0.717, 1.165) is 29.5 Å². The molecule has 5 atom stereocenters. The summed E-state index contributed by atoms with van der Waals surface area (Å²) in [5, 5.41) is 17.4. The summed E-state index contributed by atoms with van der Waals surface area (Å²) in [6, 6.07) is 7.18. The van der Waals surface area contributed by atoms with Gasteiger partial charge in [-0.05, 0) is 70.0 Å². The summed E-state index contributed by atoms with van der Waals surface area (Å²) >= 11 is 1.46. The molecule has 1 saturated heterocycles. The molecule has 50 heavy (non-hydrogen) atoms. The maximum absolute atomic E-state index is 14.4. The fourth-order valence-corrected chi connectivity index (χ4v) is 7.04. The van der Waals surface area contributed by atoms with Gasteiger partial charge in [-0.3, -0.25) is 14.6 Å². The molecule has 3 amide bonds. The number of hydrogen-bond acceptors (Lipinski definition) is 9. The quantitative estimate of drug-likeness (QED) is 0.130. The zero-order chi connectivity index (χ0) is 36.1. The topological polar surface area (TPSA) is 160 Å². The highest BCUT2D eigenvalue weighted by atomic mass is 32.1. The van der Waals surface area contributed by atoms with Gasteiger partial charge in [0.1, 0.15) is 35.1 Å². The third kappa shape index (κ3) is 8.50. The third-order valence-electron chi connectivity index (χ3n) is 8.86. The minimum Gasteiger partial charge on any atom is -0.487 e. The Morgan fingerprint density at radius 1 is 1.16 bits per heavy atom. The van der Waals surface area contributed by atoms with Gasteiger partial charge in [0.15, 0.2) is 0 Å². The number of nitrogens with one attached hydrogen (secondary N) is 2. The van der Waals surface area contributed by atoms with Gasteiger partial charge in [-0.15, -0.1) is 24.5 Å². The summed E-state index contributed by atoms with van der Waals surface area (Å²) in [6.07, 6.45) is 7.42. The highest BCUT2D eigenvalue weighted by Crippen LogP contribution is 2.45. The molecule has 266 valence electrons. The van der Waals surface area contributed by atoms with Gasteiger partial charge in [-0.2, -0.15) is 0 Å². The molecule has 12 nitrogen and oxygen atoms in total. The van der Waals surface area contributed by atoms with E-state index >= 15 is 0 Å². The Morgan fingerprint density at radius 3 is 2.62 bits per heavy atom. The smallest absolute Gasteiger partial charge is 0.408 e. The molecule has 2 fully saturated rings. The fraction of sp³-hybridized carbons (Fsp3) is 0.459. The molecule has 0 radical (unpaired) electrons. The summed E-state index contributed by atoms with van der Waals surface area (Å²) < 4.78 is 12.9. The zero-order valence-corrected chi connectivity index (χ0v) is 29.5. The Bertz CT molecular complexity index is 1740. The van der Waals surface area contributed by atoms with Crippen LogP contribution in [0.25, 0.3) is 21.6 Å². The van der Waals surface area contributed by atoms with Crippen molar-refractivity contribution in [3.8, 4) is 17.1 Å². The van der Waals surface area contributed by atoms with Crippen LogP contribution in [0.4, 0.5) is 4.79 Å². The van der Waals surface area contributed by atoms with Crippen LogP contribution in [0.15, 0.2) is 67.2 Å². The predicted molar refractivity (Wildman–Crippen MR) is 191 cm³/mol. The standard InChI is InChI=1S/C37H45N5O7S/c1-6-8-9-10-11-15-27(40-35(47)49-36(3,4)5)33(44)42-22-24(19-29(42)32(43)41-37(34(45)46)21-23(37)7-2)48-30-20-28(25-14-12-13-17-38-25)39-26-16-18-50-31(26)30/h6-7,12-14,16-18,20,23-24,27,29H,1-2,8-11,15,19,21-22H2,3-5H3,(H,40,47)(H,41,43)(H,45,46)/t23-,24-,27?,29-,37-/m1/s1. The van der Waals surface area contributed by atoms with Crippen LogP contribution in [0.1, 0.15) is 65.7 Å². The van der Waals surface area contributed by atoms with Crippen molar-refractivity contribution in [3.05, 3.63) is 67.2 Å². The molecule has 0 aromatic carbocycles. The number of rotatable bonds is 15. The second-order valence-electron chi connectivity index (χ2n) is 13.8. The lowest BCUT2D eigenvalue weighted by Gasteiger charge is -2.30. The summed E-state index contributed by atoms with van der Waals surface area (Å²) in [4.78, 5) is 64.1. The molecule has 3 aromatic heterocycles. The number of carbonyl (C=O) groups is 4. The van der Waals surface area contributed by atoms with E-state index in [1.165, 1.54) is 22.3 Å². The Hall–Kier alpha value is -4.78. The van der Waals surface area contributed by atoms with E-state index in [2.05, 4.69) is 28.8 Å². The number of hydrogen-bond donors (Lipinski definition) is 3. The molecule has 1 aliphatic carbocycles. The van der Waals surface area contributed by atoms with Gasteiger partial charge in [-0.25, -0.2) is 14.6 Å². The Morgan fingerprint density at radius 2 is 1.96 bits per heavy atom. The first-order chi connectivity index (χ1) is 23.8. The molecule has 2 aliphatic rings. The maximum Gasteiger partial charge on any atom is 0.408 e. The summed E-state index contributed by atoms with van der Waals surface area (Å²) in [5.74, 6) is -2.15. The highest BCUT2D eigenvalue weighted by Gasteiger charge is 2.61. The molecule has 3 aromatic rings. The van der Waals surface area contributed by atoms with Crippen LogP contribution in [-0.2, 0) is 19.1 Å². The Kier molecular flexibility index (Phi) is 11.2. The molecule has 13 heteroatoms. The van der Waals surface area contributed by atoms with Crippen molar-refractivity contribution in [3.63, 3.8) is 0 Å². The molecule has 0 bridgehead atoms. The number of carboxylic acids is 1. The molecule has 3 N–H and O–H groups in total. The molecular formula is C37H45N5O7S. The highest BCUT2D eigenvalue weighted by molar-refractivity contribution is 7.17. The van der Waals surface area contributed by atoms with E-state index in [0.29, 0.717) is 30.0 Å². The number of carbonyl (C=O) groups excluding carboxylic acids is 3. The van der Waals surface area contributed by atoms with Crippen molar-refractivity contribution < 1.29 is 33.8 Å². The molecule has 1 saturated carbocycles. The first kappa shape index (κ1) is 36.5. The van der Waals surface area contributed by atoms with Crippen molar-refractivity contribution in [2.45, 2.75) is 95.0 Å². The lowest BCUT2D eigenvalue weighted by Crippen LogP contribution is -2.56. The summed E-state index contributed by atoms with van der Waals surface area (Å²) in [7, 11) is 0. The van der Waals surface area contributed by atoms with Crippen LogP contribution in [0, 0.1) is 5.92 Å². The predicted octanol–water partition coefficient (Wildman–Crippen LogP) is 5.88. The Balaban J connectivity index is 1.44. The van der Waals surface area contributed by atoms with Crippen LogP contribution < -0.4 is 15.4 Å². The molecule has 4 heterocycles. The van der Waals surface area contributed by atoms with Gasteiger partial charge in [0.05, 0.1) is 28.1 Å². The van der Waals surface area contributed by atoms with E-state index < -0.39 is 59.1 Å². The second kappa shape index (κ2) is 15.4. The van der Waals surface area contributed by atoms with E-state index in [1.54, 1.807) is 33.0 Å². The van der Waals surface area contributed by atoms with Crippen LogP contribution in [0.2, 0.25) is 0 Å². The number of pyridine rings is 2. The van der Waals surface area contributed by atoms with Crippen molar-refractivity contribution in [1.29, 1.82) is 0 Å². The van der Waals surface area contributed by atoms with Crippen LogP contribution >= 0.6 is 11.3 Å². The number of thiophene rings is 1. The number of aromatic nitrogens is 2. The number of amides is 3. The number of alkyl carbamates (subject to hydrolysis) is 1. The second-order valence-corrected chi connectivity index (χ2v) is 14.7. The fourth-order valence-electron chi connectivity index (χ4n) is 6.25.